The molecule has 0 spiro atoms. The van der Waals surface area contributed by atoms with Crippen LogP contribution in [0.1, 0.15) is 18.1 Å². The Bertz CT molecular complexity index is 959. The zero-order valence-electron chi connectivity index (χ0n) is 15.9. The van der Waals surface area contributed by atoms with E-state index in [9.17, 15) is 14.0 Å². The highest BCUT2D eigenvalue weighted by atomic mass is 19.1. The Morgan fingerprint density at radius 3 is 2.29 bits per heavy atom. The minimum absolute atomic E-state index is 0.213. The van der Waals surface area contributed by atoms with Gasteiger partial charge in [0.15, 0.2) is 0 Å². The second-order valence-electron chi connectivity index (χ2n) is 6.30. The molecule has 28 heavy (non-hydrogen) atoms. The molecule has 1 aliphatic heterocycles. The fraction of sp³-hybridized carbons (Fsp3) is 0.182. The summed E-state index contributed by atoms with van der Waals surface area (Å²) < 4.78 is 23.2. The van der Waals surface area contributed by atoms with Crippen LogP contribution >= 0.6 is 0 Å². The van der Waals surface area contributed by atoms with Crippen LogP contribution in [0, 0.1) is 5.82 Å². The van der Waals surface area contributed by atoms with Gasteiger partial charge in [-0.05, 0) is 48.4 Å². The summed E-state index contributed by atoms with van der Waals surface area (Å²) in [6.07, 6.45) is 1.57. The lowest BCUT2D eigenvalue weighted by molar-refractivity contribution is -0.136. The van der Waals surface area contributed by atoms with Gasteiger partial charge in [-0.25, -0.2) is 9.18 Å². The van der Waals surface area contributed by atoms with E-state index < -0.39 is 5.97 Å². The molecule has 0 saturated carbocycles. The molecular formula is C22H20FNO4. The summed E-state index contributed by atoms with van der Waals surface area (Å²) in [6.45, 7) is 2.01. The number of hydrogen-bond acceptors (Lipinski definition) is 4. The average molecular weight is 381 g/mol. The molecule has 2 aromatic rings. The van der Waals surface area contributed by atoms with E-state index in [0.29, 0.717) is 17.8 Å². The van der Waals surface area contributed by atoms with Crippen LogP contribution in [-0.2, 0) is 20.9 Å². The van der Waals surface area contributed by atoms with E-state index in [1.165, 1.54) is 24.1 Å². The second-order valence-corrected chi connectivity index (χ2v) is 6.30. The monoisotopic (exact) mass is 381 g/mol. The SMILES string of the molecule is COC(=O)C1=C(C)N(Cc2ccc(OC)cc2)C(=O)/C1=C\c1ccc(F)cc1. The molecule has 5 nitrogen and oxygen atoms in total. The van der Waals surface area contributed by atoms with Crippen molar-refractivity contribution in [2.45, 2.75) is 13.5 Å². The third-order valence-corrected chi connectivity index (χ3v) is 4.58. The number of carbonyl (C=O) groups is 2. The van der Waals surface area contributed by atoms with Gasteiger partial charge in [0, 0.05) is 5.70 Å². The smallest absolute Gasteiger partial charge is 0.340 e. The van der Waals surface area contributed by atoms with Gasteiger partial charge < -0.3 is 14.4 Å². The van der Waals surface area contributed by atoms with E-state index in [4.69, 9.17) is 9.47 Å². The van der Waals surface area contributed by atoms with Crippen molar-refractivity contribution in [1.29, 1.82) is 0 Å². The van der Waals surface area contributed by atoms with Gasteiger partial charge in [-0.2, -0.15) is 0 Å². The van der Waals surface area contributed by atoms with Crippen molar-refractivity contribution >= 4 is 18.0 Å². The predicted molar refractivity (Wildman–Crippen MR) is 103 cm³/mol. The Morgan fingerprint density at radius 1 is 1.07 bits per heavy atom. The first-order valence-electron chi connectivity index (χ1n) is 8.66. The molecule has 0 unspecified atom stereocenters. The van der Waals surface area contributed by atoms with Gasteiger partial charge in [-0.3, -0.25) is 4.79 Å². The average Bonchev–Trinajstić information content (AvgIpc) is 2.94. The minimum Gasteiger partial charge on any atom is -0.497 e. The third kappa shape index (κ3) is 3.81. The van der Waals surface area contributed by atoms with E-state index in [0.717, 1.165) is 11.3 Å². The lowest BCUT2D eigenvalue weighted by atomic mass is 10.0. The number of carbonyl (C=O) groups excluding carboxylic acids is 2. The van der Waals surface area contributed by atoms with Crippen molar-refractivity contribution in [2.24, 2.45) is 0 Å². The quantitative estimate of drug-likeness (QED) is 0.585. The van der Waals surface area contributed by atoms with Crippen LogP contribution in [-0.4, -0.2) is 31.0 Å². The highest BCUT2D eigenvalue weighted by Gasteiger charge is 2.36. The van der Waals surface area contributed by atoms with Crippen LogP contribution in [0.3, 0.4) is 0 Å². The molecule has 6 heteroatoms. The Labute approximate surface area is 162 Å². The minimum atomic E-state index is -0.587. The molecular weight excluding hydrogens is 361 g/mol. The van der Waals surface area contributed by atoms with Crippen LogP contribution in [0.15, 0.2) is 65.4 Å². The number of ether oxygens (including phenoxy) is 2. The molecule has 0 atom stereocenters. The van der Waals surface area contributed by atoms with Gasteiger partial charge in [0.2, 0.25) is 0 Å². The summed E-state index contributed by atoms with van der Waals surface area (Å²) in [5, 5.41) is 0. The third-order valence-electron chi connectivity index (χ3n) is 4.58. The van der Waals surface area contributed by atoms with Crippen molar-refractivity contribution in [3.05, 3.63) is 82.3 Å². The first-order chi connectivity index (χ1) is 13.4. The van der Waals surface area contributed by atoms with Gasteiger partial charge in [0.05, 0.1) is 31.9 Å². The molecule has 0 aliphatic carbocycles. The van der Waals surface area contributed by atoms with Crippen LogP contribution in [0.5, 0.6) is 5.75 Å². The number of halogens is 1. The largest absolute Gasteiger partial charge is 0.497 e. The fourth-order valence-corrected chi connectivity index (χ4v) is 3.06. The van der Waals surface area contributed by atoms with Crippen molar-refractivity contribution < 1.29 is 23.5 Å². The zero-order chi connectivity index (χ0) is 20.3. The molecule has 0 aromatic heterocycles. The molecule has 1 aliphatic rings. The summed E-state index contributed by atoms with van der Waals surface area (Å²) >= 11 is 0. The van der Waals surface area contributed by atoms with Crippen molar-refractivity contribution in [2.75, 3.05) is 14.2 Å². The Morgan fingerprint density at radius 2 is 1.71 bits per heavy atom. The van der Waals surface area contributed by atoms with E-state index in [2.05, 4.69) is 0 Å². The number of allylic oxidation sites excluding steroid dienone is 1. The molecule has 0 N–H and O–H groups in total. The highest BCUT2D eigenvalue weighted by molar-refractivity contribution is 6.16. The van der Waals surface area contributed by atoms with Gasteiger partial charge in [-0.15, -0.1) is 0 Å². The maximum Gasteiger partial charge on any atom is 0.340 e. The van der Waals surface area contributed by atoms with Gasteiger partial charge in [0.25, 0.3) is 5.91 Å². The molecule has 0 saturated heterocycles. The summed E-state index contributed by atoms with van der Waals surface area (Å²) in [5.41, 5.74) is 2.46. The molecule has 1 amide bonds. The number of benzene rings is 2. The lowest BCUT2D eigenvalue weighted by Crippen LogP contribution is -2.24. The van der Waals surface area contributed by atoms with E-state index in [-0.39, 0.29) is 22.9 Å². The number of rotatable bonds is 5. The summed E-state index contributed by atoms with van der Waals surface area (Å²) in [4.78, 5) is 26.9. The molecule has 0 fully saturated rings. The summed E-state index contributed by atoms with van der Waals surface area (Å²) in [6, 6.07) is 13.0. The van der Waals surface area contributed by atoms with Gasteiger partial charge in [-0.1, -0.05) is 24.3 Å². The van der Waals surface area contributed by atoms with Crippen LogP contribution in [0.2, 0.25) is 0 Å². The second kappa shape index (κ2) is 8.08. The van der Waals surface area contributed by atoms with E-state index in [1.807, 2.05) is 24.3 Å². The standard InChI is InChI=1S/C22H20FNO4/c1-14-20(22(26)28-3)19(12-15-4-8-17(23)9-5-15)21(25)24(14)13-16-6-10-18(27-2)11-7-16/h4-12H,13H2,1-3H3/b19-12-. The molecule has 3 rings (SSSR count). The molecule has 1 heterocycles. The Hall–Kier alpha value is -3.41. The van der Waals surface area contributed by atoms with Crippen LogP contribution < -0.4 is 4.74 Å². The maximum atomic E-state index is 13.2. The van der Waals surface area contributed by atoms with Gasteiger partial charge in [0.1, 0.15) is 11.6 Å². The van der Waals surface area contributed by atoms with Crippen molar-refractivity contribution in [1.82, 2.24) is 4.90 Å². The zero-order valence-corrected chi connectivity index (χ0v) is 15.9. The van der Waals surface area contributed by atoms with E-state index in [1.54, 1.807) is 32.2 Å². The summed E-state index contributed by atoms with van der Waals surface area (Å²) in [7, 11) is 2.86. The van der Waals surface area contributed by atoms with Gasteiger partial charge >= 0.3 is 5.97 Å². The van der Waals surface area contributed by atoms with Crippen molar-refractivity contribution in [3.63, 3.8) is 0 Å². The molecule has 0 radical (unpaired) electrons. The predicted octanol–water partition coefficient (Wildman–Crippen LogP) is 3.71. The first-order valence-corrected chi connectivity index (χ1v) is 8.66. The van der Waals surface area contributed by atoms with Crippen molar-refractivity contribution in [3.8, 4) is 5.75 Å². The topological polar surface area (TPSA) is 55.8 Å². The molecule has 0 bridgehead atoms. The Balaban J connectivity index is 1.97. The lowest BCUT2D eigenvalue weighted by Gasteiger charge is -2.18. The number of esters is 1. The Kier molecular flexibility index (Phi) is 5.59. The fourth-order valence-electron chi connectivity index (χ4n) is 3.06. The van der Waals surface area contributed by atoms with E-state index >= 15 is 0 Å². The highest BCUT2D eigenvalue weighted by Crippen LogP contribution is 2.33. The normalized spacial score (nSPS) is 15.4. The number of amides is 1. The number of nitrogens with zero attached hydrogens (tertiary/aromatic N) is 1. The number of hydrogen-bond donors (Lipinski definition) is 0. The number of methoxy groups -OCH3 is 2. The first kappa shape index (κ1) is 19.4. The van der Waals surface area contributed by atoms with Crippen LogP contribution in [0.4, 0.5) is 4.39 Å². The van der Waals surface area contributed by atoms with Crippen LogP contribution in [0.25, 0.3) is 6.08 Å². The molecule has 2 aromatic carbocycles. The maximum absolute atomic E-state index is 13.2. The molecule has 144 valence electrons. The summed E-state index contributed by atoms with van der Waals surface area (Å²) in [5.74, 6) is -0.550.